The zero-order valence-electron chi connectivity index (χ0n) is 17.7. The van der Waals surface area contributed by atoms with Gasteiger partial charge in [-0.2, -0.15) is 0 Å². The van der Waals surface area contributed by atoms with Crippen LogP contribution in [0.15, 0.2) is 47.4 Å². The first kappa shape index (κ1) is 22.0. The minimum absolute atomic E-state index is 0.0930. The lowest BCUT2D eigenvalue weighted by Crippen LogP contribution is -2.29. The summed E-state index contributed by atoms with van der Waals surface area (Å²) in [5.41, 5.74) is 1.50. The average molecular weight is 429 g/mol. The molecule has 160 valence electrons. The van der Waals surface area contributed by atoms with Gasteiger partial charge in [0.2, 0.25) is 5.91 Å². The van der Waals surface area contributed by atoms with Crippen LogP contribution in [0.25, 0.3) is 0 Å². The number of hydrogen-bond donors (Lipinski definition) is 0. The van der Waals surface area contributed by atoms with Crippen molar-refractivity contribution in [1.82, 2.24) is 9.80 Å². The zero-order chi connectivity index (χ0) is 21.5. The molecule has 0 N–H and O–H groups in total. The van der Waals surface area contributed by atoms with E-state index in [9.17, 15) is 9.59 Å². The molecular weight excluding hydrogens is 400 g/mol. The summed E-state index contributed by atoms with van der Waals surface area (Å²) in [5.74, 6) is 1.77. The van der Waals surface area contributed by atoms with E-state index in [0.29, 0.717) is 29.4 Å². The van der Waals surface area contributed by atoms with Gasteiger partial charge >= 0.3 is 0 Å². The van der Waals surface area contributed by atoms with Crippen molar-refractivity contribution in [3.05, 3.63) is 53.6 Å². The van der Waals surface area contributed by atoms with E-state index in [1.54, 1.807) is 32.2 Å². The van der Waals surface area contributed by atoms with Gasteiger partial charge < -0.3 is 19.3 Å². The first-order valence-electron chi connectivity index (χ1n) is 9.99. The molecule has 1 saturated heterocycles. The van der Waals surface area contributed by atoms with Crippen molar-refractivity contribution < 1.29 is 19.1 Å². The van der Waals surface area contributed by atoms with E-state index in [1.165, 1.54) is 11.8 Å². The summed E-state index contributed by atoms with van der Waals surface area (Å²) in [6.07, 6.45) is 2.15. The first-order valence-corrected chi connectivity index (χ1v) is 11.0. The summed E-state index contributed by atoms with van der Waals surface area (Å²) < 4.78 is 10.7. The highest BCUT2D eigenvalue weighted by molar-refractivity contribution is 8.00. The van der Waals surface area contributed by atoms with Crippen molar-refractivity contribution in [3.8, 4) is 11.5 Å². The Labute approximate surface area is 182 Å². The van der Waals surface area contributed by atoms with Gasteiger partial charge in [0.15, 0.2) is 0 Å². The molecule has 1 aliphatic rings. The van der Waals surface area contributed by atoms with Crippen LogP contribution in [0.4, 0.5) is 0 Å². The highest BCUT2D eigenvalue weighted by Gasteiger charge is 2.21. The molecule has 1 aliphatic heterocycles. The highest BCUT2D eigenvalue weighted by atomic mass is 32.2. The monoisotopic (exact) mass is 428 g/mol. The Hall–Kier alpha value is -2.67. The molecule has 2 amide bonds. The Morgan fingerprint density at radius 3 is 2.50 bits per heavy atom. The van der Waals surface area contributed by atoms with E-state index in [-0.39, 0.29) is 11.8 Å². The number of carbonyl (C=O) groups is 2. The van der Waals surface area contributed by atoms with E-state index < -0.39 is 0 Å². The third kappa shape index (κ3) is 5.27. The third-order valence-corrected chi connectivity index (χ3v) is 6.23. The average Bonchev–Trinajstić information content (AvgIpc) is 3.32. The van der Waals surface area contributed by atoms with Crippen LogP contribution in [0.2, 0.25) is 0 Å². The Balaban J connectivity index is 1.69. The summed E-state index contributed by atoms with van der Waals surface area (Å²) in [4.78, 5) is 29.9. The molecule has 0 aromatic heterocycles. The summed E-state index contributed by atoms with van der Waals surface area (Å²) in [7, 11) is 4.97. The van der Waals surface area contributed by atoms with Gasteiger partial charge in [-0.05, 0) is 37.1 Å². The van der Waals surface area contributed by atoms with Crippen LogP contribution in [0, 0.1) is 0 Å². The lowest BCUT2D eigenvalue weighted by molar-refractivity contribution is -0.127. The zero-order valence-corrected chi connectivity index (χ0v) is 18.5. The second kappa shape index (κ2) is 10.4. The van der Waals surface area contributed by atoms with Crippen LogP contribution in [0.1, 0.15) is 28.8 Å². The van der Waals surface area contributed by atoms with Gasteiger partial charge in [-0.25, -0.2) is 0 Å². The molecule has 7 heteroatoms. The number of methoxy groups -OCH3 is 2. The number of thioether (sulfide) groups is 1. The molecular formula is C23H28N2O4S. The standard InChI is InChI=1S/C23H28N2O4S/c1-24(15-17-10-11-18(28-2)14-20(17)29-3)23(27)19-8-4-5-9-21(19)30-16-22(26)25-12-6-7-13-25/h4-5,8-11,14H,6-7,12-13,15-16H2,1-3H3. The van der Waals surface area contributed by atoms with Crippen LogP contribution >= 0.6 is 11.8 Å². The Kier molecular flexibility index (Phi) is 7.63. The van der Waals surface area contributed by atoms with Crippen LogP contribution in [0.3, 0.4) is 0 Å². The number of likely N-dealkylation sites (tertiary alicyclic amines) is 1. The van der Waals surface area contributed by atoms with Crippen LogP contribution in [-0.4, -0.2) is 61.7 Å². The van der Waals surface area contributed by atoms with E-state index >= 15 is 0 Å². The molecule has 0 bridgehead atoms. The van der Waals surface area contributed by atoms with Gasteiger partial charge in [0.1, 0.15) is 11.5 Å². The van der Waals surface area contributed by atoms with Crippen molar-refractivity contribution in [3.63, 3.8) is 0 Å². The van der Waals surface area contributed by atoms with Gasteiger partial charge in [-0.15, -0.1) is 11.8 Å². The number of rotatable bonds is 8. The fraction of sp³-hybridized carbons (Fsp3) is 0.391. The number of benzene rings is 2. The summed E-state index contributed by atoms with van der Waals surface area (Å²) in [6, 6.07) is 13.0. The van der Waals surface area contributed by atoms with Gasteiger partial charge in [-0.3, -0.25) is 9.59 Å². The molecule has 1 heterocycles. The van der Waals surface area contributed by atoms with Crippen molar-refractivity contribution in [1.29, 1.82) is 0 Å². The number of hydrogen-bond acceptors (Lipinski definition) is 5. The molecule has 6 nitrogen and oxygen atoms in total. The van der Waals surface area contributed by atoms with Crippen molar-refractivity contribution in [2.45, 2.75) is 24.3 Å². The largest absolute Gasteiger partial charge is 0.497 e. The van der Waals surface area contributed by atoms with Crippen molar-refractivity contribution in [2.24, 2.45) is 0 Å². The molecule has 0 saturated carbocycles. The van der Waals surface area contributed by atoms with Crippen LogP contribution < -0.4 is 9.47 Å². The molecule has 3 rings (SSSR count). The molecule has 2 aromatic carbocycles. The van der Waals surface area contributed by atoms with Crippen molar-refractivity contribution >= 4 is 23.6 Å². The minimum Gasteiger partial charge on any atom is -0.497 e. The maximum Gasteiger partial charge on any atom is 0.255 e. The fourth-order valence-electron chi connectivity index (χ4n) is 3.48. The number of ether oxygens (including phenoxy) is 2. The van der Waals surface area contributed by atoms with E-state index in [4.69, 9.17) is 9.47 Å². The lowest BCUT2D eigenvalue weighted by Gasteiger charge is -2.21. The molecule has 0 radical (unpaired) electrons. The predicted molar refractivity (Wildman–Crippen MR) is 118 cm³/mol. The second-order valence-corrected chi connectivity index (χ2v) is 8.23. The third-order valence-electron chi connectivity index (χ3n) is 5.18. The molecule has 30 heavy (non-hydrogen) atoms. The molecule has 0 aliphatic carbocycles. The summed E-state index contributed by atoms with van der Waals surface area (Å²) >= 11 is 1.43. The number of amides is 2. The van der Waals surface area contributed by atoms with Gasteiger partial charge in [0.05, 0.1) is 25.5 Å². The Morgan fingerprint density at radius 2 is 1.80 bits per heavy atom. The van der Waals surface area contributed by atoms with E-state index in [0.717, 1.165) is 36.4 Å². The summed E-state index contributed by atoms with van der Waals surface area (Å²) in [5, 5.41) is 0. The predicted octanol–water partition coefficient (Wildman–Crippen LogP) is 3.69. The smallest absolute Gasteiger partial charge is 0.255 e. The van der Waals surface area contributed by atoms with E-state index in [2.05, 4.69) is 0 Å². The first-order chi connectivity index (χ1) is 14.5. The molecule has 0 atom stereocenters. The second-order valence-electron chi connectivity index (χ2n) is 7.21. The maximum absolute atomic E-state index is 13.1. The highest BCUT2D eigenvalue weighted by Crippen LogP contribution is 2.28. The quantitative estimate of drug-likeness (QED) is 0.600. The molecule has 0 unspecified atom stereocenters. The van der Waals surface area contributed by atoms with Gasteiger partial charge in [-0.1, -0.05) is 12.1 Å². The Bertz CT molecular complexity index is 897. The maximum atomic E-state index is 13.1. The lowest BCUT2D eigenvalue weighted by atomic mass is 10.1. The van der Waals surface area contributed by atoms with Gasteiger partial charge in [0, 0.05) is 43.2 Å². The number of nitrogens with zero attached hydrogens (tertiary/aromatic N) is 2. The fourth-order valence-corrected chi connectivity index (χ4v) is 4.43. The van der Waals surface area contributed by atoms with E-state index in [1.807, 2.05) is 41.3 Å². The van der Waals surface area contributed by atoms with Crippen molar-refractivity contribution in [2.75, 3.05) is 40.1 Å². The topological polar surface area (TPSA) is 59.1 Å². The SMILES string of the molecule is COc1ccc(CN(C)C(=O)c2ccccc2SCC(=O)N2CCCC2)c(OC)c1. The normalized spacial score (nSPS) is 13.2. The molecule has 0 spiro atoms. The minimum atomic E-state index is -0.0930. The summed E-state index contributed by atoms with van der Waals surface area (Å²) in [6.45, 7) is 2.08. The number of carbonyl (C=O) groups excluding carboxylic acids is 2. The van der Waals surface area contributed by atoms with Crippen LogP contribution in [-0.2, 0) is 11.3 Å². The molecule has 2 aromatic rings. The Morgan fingerprint density at radius 1 is 1.07 bits per heavy atom. The molecule has 1 fully saturated rings. The van der Waals surface area contributed by atoms with Crippen LogP contribution in [0.5, 0.6) is 11.5 Å². The van der Waals surface area contributed by atoms with Gasteiger partial charge in [0.25, 0.3) is 5.91 Å².